The zero-order valence-corrected chi connectivity index (χ0v) is 13.8. The van der Waals surface area contributed by atoms with Crippen molar-refractivity contribution in [3.05, 3.63) is 41.3 Å². The number of ether oxygens (including phenoxy) is 1. The van der Waals surface area contributed by atoms with Crippen LogP contribution in [0.2, 0.25) is 0 Å². The van der Waals surface area contributed by atoms with Gasteiger partial charge < -0.3 is 9.64 Å². The fourth-order valence-corrected chi connectivity index (χ4v) is 3.72. The molecule has 2 rings (SSSR count). The fraction of sp³-hybridized carbons (Fsp3) is 0.438. The number of methoxy groups -OCH3 is 1. The summed E-state index contributed by atoms with van der Waals surface area (Å²) in [5.74, 6) is 0.0458. The van der Waals surface area contributed by atoms with E-state index in [1.807, 2.05) is 24.3 Å². The van der Waals surface area contributed by atoms with Gasteiger partial charge in [-0.2, -0.15) is 0 Å². The van der Waals surface area contributed by atoms with Crippen LogP contribution in [0.25, 0.3) is 0 Å². The smallest absolute Gasteiger partial charge is 0.253 e. The Morgan fingerprint density at radius 3 is 2.41 bits per heavy atom. The van der Waals surface area contributed by atoms with Gasteiger partial charge >= 0.3 is 0 Å². The van der Waals surface area contributed by atoms with Gasteiger partial charge in [0, 0.05) is 18.2 Å². The summed E-state index contributed by atoms with van der Waals surface area (Å²) < 4.78 is 28.2. The largest absolute Gasteiger partial charge is 0.375 e. The van der Waals surface area contributed by atoms with Crippen LogP contribution in [-0.2, 0) is 19.4 Å². The molecule has 0 fully saturated rings. The summed E-state index contributed by atoms with van der Waals surface area (Å²) in [5, 5.41) is 1.17. The molecular weight excluding hydrogens is 302 g/mol. The third kappa shape index (κ3) is 3.75. The Hall–Kier alpha value is -1.66. The molecule has 0 aromatic heterocycles. The second-order valence-electron chi connectivity index (χ2n) is 5.67. The number of hydrogen-bond acceptors (Lipinski definition) is 4. The van der Waals surface area contributed by atoms with Gasteiger partial charge in [-0.05, 0) is 29.7 Å². The van der Waals surface area contributed by atoms with Crippen LogP contribution < -0.4 is 4.90 Å². The molecule has 0 radical (unpaired) electrons. The maximum Gasteiger partial charge on any atom is 0.253 e. The number of benzene rings is 1. The number of amides is 1. The van der Waals surface area contributed by atoms with Crippen LogP contribution in [0.5, 0.6) is 0 Å². The molecule has 0 saturated heterocycles. The zero-order chi connectivity index (χ0) is 16.3. The van der Waals surface area contributed by atoms with E-state index in [4.69, 9.17) is 4.74 Å². The molecule has 0 unspecified atom stereocenters. The Balaban J connectivity index is 2.32. The average Bonchev–Trinajstić information content (AvgIpc) is 2.80. The molecule has 0 bridgehead atoms. The van der Waals surface area contributed by atoms with Crippen molar-refractivity contribution in [3.8, 4) is 0 Å². The first-order valence-electron chi connectivity index (χ1n) is 7.16. The molecule has 1 aromatic carbocycles. The molecule has 0 spiro atoms. The van der Waals surface area contributed by atoms with Crippen LogP contribution in [0.4, 0.5) is 5.69 Å². The fourth-order valence-electron chi connectivity index (χ4n) is 2.45. The van der Waals surface area contributed by atoms with Crippen LogP contribution >= 0.6 is 0 Å². The second kappa shape index (κ2) is 6.62. The van der Waals surface area contributed by atoms with E-state index < -0.39 is 15.9 Å². The standard InChI is InChI=1S/C16H21NO4S/c1-12(2)13-4-6-14(7-5-13)17(16(18)10-21-3)15-8-9-22(19,20)11-15/h4-9,12,15H,10-11H2,1-3H3/t15-/m1/s1. The summed E-state index contributed by atoms with van der Waals surface area (Å²) >= 11 is 0. The first kappa shape index (κ1) is 16.7. The molecule has 1 aliphatic heterocycles. The highest BCUT2D eigenvalue weighted by atomic mass is 32.2. The number of carbonyl (C=O) groups is 1. The van der Waals surface area contributed by atoms with Gasteiger partial charge in [-0.1, -0.05) is 26.0 Å². The second-order valence-corrected chi connectivity index (χ2v) is 7.60. The normalized spacial score (nSPS) is 19.5. The summed E-state index contributed by atoms with van der Waals surface area (Å²) in [6.45, 7) is 4.10. The monoisotopic (exact) mass is 323 g/mol. The number of sulfone groups is 1. The van der Waals surface area contributed by atoms with Crippen molar-refractivity contribution in [1.29, 1.82) is 0 Å². The lowest BCUT2D eigenvalue weighted by Crippen LogP contribution is -2.43. The third-order valence-corrected chi connectivity index (χ3v) is 5.00. The number of rotatable bonds is 5. The van der Waals surface area contributed by atoms with Gasteiger partial charge in [0.15, 0.2) is 9.84 Å². The van der Waals surface area contributed by atoms with Gasteiger partial charge in [0.25, 0.3) is 5.91 Å². The lowest BCUT2D eigenvalue weighted by Gasteiger charge is -2.27. The number of hydrogen-bond donors (Lipinski definition) is 0. The molecule has 120 valence electrons. The lowest BCUT2D eigenvalue weighted by molar-refractivity contribution is -0.122. The Labute approximate surface area is 131 Å². The lowest BCUT2D eigenvalue weighted by atomic mass is 10.0. The predicted molar refractivity (Wildman–Crippen MR) is 86.6 cm³/mol. The maximum absolute atomic E-state index is 12.3. The van der Waals surface area contributed by atoms with Crippen molar-refractivity contribution in [2.24, 2.45) is 0 Å². The van der Waals surface area contributed by atoms with Crippen molar-refractivity contribution in [2.45, 2.75) is 25.8 Å². The Morgan fingerprint density at radius 2 is 1.95 bits per heavy atom. The number of anilines is 1. The quantitative estimate of drug-likeness (QED) is 0.832. The Bertz CT molecular complexity index is 662. The highest BCUT2D eigenvalue weighted by Gasteiger charge is 2.31. The van der Waals surface area contributed by atoms with E-state index in [1.54, 1.807) is 6.08 Å². The molecule has 1 aromatic rings. The molecule has 5 nitrogen and oxygen atoms in total. The minimum Gasteiger partial charge on any atom is -0.375 e. The summed E-state index contributed by atoms with van der Waals surface area (Å²) in [6.07, 6.45) is 1.55. The molecule has 0 saturated carbocycles. The summed E-state index contributed by atoms with van der Waals surface area (Å²) in [4.78, 5) is 13.8. The van der Waals surface area contributed by atoms with Gasteiger partial charge in [-0.25, -0.2) is 8.42 Å². The topological polar surface area (TPSA) is 63.7 Å². The van der Waals surface area contributed by atoms with Crippen LogP contribution in [0.3, 0.4) is 0 Å². The van der Waals surface area contributed by atoms with Crippen molar-refractivity contribution in [1.82, 2.24) is 0 Å². The predicted octanol–water partition coefficient (Wildman–Crippen LogP) is 2.10. The van der Waals surface area contributed by atoms with Gasteiger partial charge in [-0.15, -0.1) is 0 Å². The van der Waals surface area contributed by atoms with Gasteiger partial charge in [0.05, 0.1) is 11.8 Å². The van der Waals surface area contributed by atoms with Crippen LogP contribution in [-0.4, -0.2) is 39.8 Å². The Kier molecular flexibility index (Phi) is 5.03. The maximum atomic E-state index is 12.3. The Morgan fingerprint density at radius 1 is 1.32 bits per heavy atom. The average molecular weight is 323 g/mol. The van der Waals surface area contributed by atoms with E-state index in [0.29, 0.717) is 11.6 Å². The van der Waals surface area contributed by atoms with Crippen LogP contribution in [0.1, 0.15) is 25.3 Å². The van der Waals surface area contributed by atoms with E-state index >= 15 is 0 Å². The molecule has 6 heteroatoms. The van der Waals surface area contributed by atoms with E-state index in [0.717, 1.165) is 5.56 Å². The summed E-state index contributed by atoms with van der Waals surface area (Å²) in [5.41, 5.74) is 1.84. The minimum atomic E-state index is -3.23. The molecule has 1 amide bonds. The molecule has 0 N–H and O–H groups in total. The first-order chi connectivity index (χ1) is 10.3. The van der Waals surface area contributed by atoms with Crippen molar-refractivity contribution < 1.29 is 17.9 Å². The van der Waals surface area contributed by atoms with Crippen molar-refractivity contribution in [3.63, 3.8) is 0 Å². The van der Waals surface area contributed by atoms with Gasteiger partial charge in [0.2, 0.25) is 0 Å². The van der Waals surface area contributed by atoms with E-state index in [1.165, 1.54) is 17.4 Å². The number of nitrogens with zero attached hydrogens (tertiary/aromatic N) is 1. The summed E-state index contributed by atoms with van der Waals surface area (Å²) in [7, 11) is -1.79. The first-order valence-corrected chi connectivity index (χ1v) is 8.87. The molecular formula is C16H21NO4S. The SMILES string of the molecule is COCC(=O)N(c1ccc(C(C)C)cc1)[C@@H]1C=CS(=O)(=O)C1. The molecule has 22 heavy (non-hydrogen) atoms. The highest BCUT2D eigenvalue weighted by molar-refractivity contribution is 7.94. The zero-order valence-electron chi connectivity index (χ0n) is 13.0. The third-order valence-electron chi connectivity index (χ3n) is 3.62. The summed E-state index contributed by atoms with van der Waals surface area (Å²) in [6, 6.07) is 7.13. The van der Waals surface area contributed by atoms with E-state index in [-0.39, 0.29) is 18.3 Å². The van der Waals surface area contributed by atoms with Crippen molar-refractivity contribution >= 4 is 21.4 Å². The molecule has 1 heterocycles. The van der Waals surface area contributed by atoms with Gasteiger partial charge in [0.1, 0.15) is 6.61 Å². The number of carbonyl (C=O) groups excluding carboxylic acids is 1. The highest BCUT2D eigenvalue weighted by Crippen LogP contribution is 2.25. The van der Waals surface area contributed by atoms with E-state index in [9.17, 15) is 13.2 Å². The van der Waals surface area contributed by atoms with Gasteiger partial charge in [-0.3, -0.25) is 4.79 Å². The van der Waals surface area contributed by atoms with Crippen molar-refractivity contribution in [2.75, 3.05) is 24.4 Å². The molecule has 1 atom stereocenters. The minimum absolute atomic E-state index is 0.0870. The molecule has 1 aliphatic rings. The van der Waals surface area contributed by atoms with Crippen LogP contribution in [0, 0.1) is 0 Å². The van der Waals surface area contributed by atoms with E-state index in [2.05, 4.69) is 13.8 Å². The van der Waals surface area contributed by atoms with Crippen LogP contribution in [0.15, 0.2) is 35.7 Å². The molecule has 0 aliphatic carbocycles.